The third-order valence-corrected chi connectivity index (χ3v) is 2.93. The smallest absolute Gasteiger partial charge is 0.142 e. The highest BCUT2D eigenvalue weighted by Crippen LogP contribution is 2.24. The van der Waals surface area contributed by atoms with Crippen molar-refractivity contribution in [3.8, 4) is 5.75 Å². The quantitative estimate of drug-likeness (QED) is 0.735. The normalized spacial score (nSPS) is 10.7. The van der Waals surface area contributed by atoms with E-state index in [1.807, 2.05) is 36.5 Å². The van der Waals surface area contributed by atoms with E-state index in [2.05, 4.69) is 15.0 Å². The van der Waals surface area contributed by atoms with Gasteiger partial charge in [-0.3, -0.25) is 0 Å². The highest BCUT2D eigenvalue weighted by Gasteiger charge is 2.09. The maximum Gasteiger partial charge on any atom is 0.142 e. The number of aromatic amines is 1. The molecule has 0 amide bonds. The second-order valence-corrected chi connectivity index (χ2v) is 4.16. The van der Waals surface area contributed by atoms with Gasteiger partial charge in [0.2, 0.25) is 0 Å². The van der Waals surface area contributed by atoms with E-state index in [4.69, 9.17) is 16.3 Å². The molecule has 0 aliphatic heterocycles. The van der Waals surface area contributed by atoms with Crippen LogP contribution in [0.15, 0.2) is 42.9 Å². The van der Waals surface area contributed by atoms with Gasteiger partial charge >= 0.3 is 0 Å². The van der Waals surface area contributed by atoms with Crippen molar-refractivity contribution >= 4 is 22.6 Å². The molecule has 0 atom stereocenters. The minimum atomic E-state index is 0.428. The number of ether oxygens (including phenoxy) is 1. The zero-order valence-electron chi connectivity index (χ0n) is 9.43. The van der Waals surface area contributed by atoms with Gasteiger partial charge in [-0.1, -0.05) is 29.8 Å². The van der Waals surface area contributed by atoms with E-state index in [1.165, 1.54) is 6.33 Å². The number of nitrogens with one attached hydrogen (secondary N) is 1. The molecule has 0 unspecified atom stereocenters. The first-order valence-corrected chi connectivity index (χ1v) is 5.86. The van der Waals surface area contributed by atoms with Crippen molar-refractivity contribution in [2.45, 2.75) is 6.61 Å². The fraction of sp³-hybridized carbons (Fsp3) is 0.0769. The van der Waals surface area contributed by atoms with Gasteiger partial charge in [0.05, 0.1) is 5.39 Å². The first kappa shape index (κ1) is 11.0. The van der Waals surface area contributed by atoms with Crippen molar-refractivity contribution in [2.24, 2.45) is 0 Å². The van der Waals surface area contributed by atoms with Crippen molar-refractivity contribution in [1.82, 2.24) is 15.0 Å². The van der Waals surface area contributed by atoms with Gasteiger partial charge in [0.15, 0.2) is 0 Å². The summed E-state index contributed by atoms with van der Waals surface area (Å²) in [4.78, 5) is 11.1. The highest BCUT2D eigenvalue weighted by atomic mass is 35.5. The molecule has 1 N–H and O–H groups in total. The Morgan fingerprint density at radius 2 is 2.00 bits per heavy atom. The fourth-order valence-corrected chi connectivity index (χ4v) is 2.03. The third-order valence-electron chi connectivity index (χ3n) is 2.64. The number of H-pyrrole nitrogens is 1. The molecule has 0 aliphatic rings. The van der Waals surface area contributed by atoms with Gasteiger partial charge in [-0.15, -0.1) is 0 Å². The van der Waals surface area contributed by atoms with E-state index in [9.17, 15) is 0 Å². The number of halogens is 1. The lowest BCUT2D eigenvalue weighted by molar-refractivity contribution is 0.307. The largest absolute Gasteiger partial charge is 0.489 e. The number of hydrogen-bond donors (Lipinski definition) is 1. The Kier molecular flexibility index (Phi) is 2.86. The number of para-hydroxylation sites is 1. The van der Waals surface area contributed by atoms with E-state index < -0.39 is 0 Å². The van der Waals surface area contributed by atoms with Crippen molar-refractivity contribution in [3.63, 3.8) is 0 Å². The van der Waals surface area contributed by atoms with E-state index in [0.29, 0.717) is 11.8 Å². The molecule has 0 saturated heterocycles. The lowest BCUT2D eigenvalue weighted by Crippen LogP contribution is -1.94. The molecular formula is C13H10ClN3O. The summed E-state index contributed by atoms with van der Waals surface area (Å²) < 4.78 is 5.68. The summed E-state index contributed by atoms with van der Waals surface area (Å²) in [6, 6.07) is 9.63. The van der Waals surface area contributed by atoms with Gasteiger partial charge < -0.3 is 9.72 Å². The molecular weight excluding hydrogens is 250 g/mol. The molecule has 2 aromatic heterocycles. The van der Waals surface area contributed by atoms with E-state index >= 15 is 0 Å². The van der Waals surface area contributed by atoms with Gasteiger partial charge in [-0.25, -0.2) is 9.97 Å². The van der Waals surface area contributed by atoms with E-state index in [1.54, 1.807) is 0 Å². The van der Waals surface area contributed by atoms with Crippen molar-refractivity contribution in [2.75, 3.05) is 0 Å². The van der Waals surface area contributed by atoms with Crippen molar-refractivity contribution in [3.05, 3.63) is 53.6 Å². The third kappa shape index (κ3) is 2.02. The first-order chi connectivity index (χ1) is 8.84. The van der Waals surface area contributed by atoms with Crippen LogP contribution in [0.1, 0.15) is 5.56 Å². The van der Waals surface area contributed by atoms with Crippen LogP contribution in [0.3, 0.4) is 0 Å². The first-order valence-electron chi connectivity index (χ1n) is 5.49. The summed E-state index contributed by atoms with van der Waals surface area (Å²) >= 11 is 6.06. The molecule has 1 aromatic carbocycles. The van der Waals surface area contributed by atoms with Crippen LogP contribution >= 0.6 is 11.6 Å². The Morgan fingerprint density at radius 3 is 2.83 bits per heavy atom. The lowest BCUT2D eigenvalue weighted by atomic mass is 10.2. The molecule has 4 nitrogen and oxygen atoms in total. The molecule has 90 valence electrons. The topological polar surface area (TPSA) is 50.8 Å². The number of aromatic nitrogens is 3. The lowest BCUT2D eigenvalue weighted by Gasteiger charge is -2.04. The number of nitrogens with zero attached hydrogens (tertiary/aromatic N) is 2. The molecule has 3 aromatic rings. The summed E-state index contributed by atoms with van der Waals surface area (Å²) in [6.07, 6.45) is 3.27. The fourth-order valence-electron chi connectivity index (χ4n) is 1.78. The maximum absolute atomic E-state index is 6.06. The van der Waals surface area contributed by atoms with Crippen molar-refractivity contribution < 1.29 is 4.74 Å². The Bertz CT molecular complexity index is 666. The van der Waals surface area contributed by atoms with Crippen LogP contribution in [-0.4, -0.2) is 15.0 Å². The molecule has 5 heteroatoms. The van der Waals surface area contributed by atoms with Gasteiger partial charge in [-0.05, 0) is 12.1 Å². The molecule has 0 radical (unpaired) electrons. The van der Waals surface area contributed by atoms with Gasteiger partial charge in [0.1, 0.15) is 29.5 Å². The minimum Gasteiger partial charge on any atom is -0.489 e. The van der Waals surface area contributed by atoms with Gasteiger partial charge in [0, 0.05) is 11.8 Å². The number of fused-ring (bicyclic) bond motifs is 1. The molecule has 0 bridgehead atoms. The Labute approximate surface area is 109 Å². The van der Waals surface area contributed by atoms with Crippen LogP contribution in [0.25, 0.3) is 11.0 Å². The predicted octanol–water partition coefficient (Wildman–Crippen LogP) is 3.19. The second kappa shape index (κ2) is 4.66. The zero-order valence-corrected chi connectivity index (χ0v) is 10.2. The van der Waals surface area contributed by atoms with Crippen LogP contribution in [0.4, 0.5) is 0 Å². The summed E-state index contributed by atoms with van der Waals surface area (Å²) in [5.41, 5.74) is 1.67. The number of hydrogen-bond acceptors (Lipinski definition) is 3. The molecule has 0 aliphatic carbocycles. The average molecular weight is 260 g/mol. The predicted molar refractivity (Wildman–Crippen MR) is 69.7 cm³/mol. The standard InChI is InChI=1S/C13H10ClN3O/c14-12-11-9(6-15-13(11)17-8-16-12)7-18-10-4-2-1-3-5-10/h1-6,8H,7H2,(H,15,16,17). The number of rotatable bonds is 3. The molecule has 18 heavy (non-hydrogen) atoms. The van der Waals surface area contributed by atoms with E-state index in [-0.39, 0.29) is 0 Å². The summed E-state index contributed by atoms with van der Waals surface area (Å²) in [6.45, 7) is 0.428. The molecule has 2 heterocycles. The summed E-state index contributed by atoms with van der Waals surface area (Å²) in [7, 11) is 0. The van der Waals surface area contributed by atoms with Crippen LogP contribution in [0, 0.1) is 0 Å². The van der Waals surface area contributed by atoms with E-state index in [0.717, 1.165) is 22.3 Å². The van der Waals surface area contributed by atoms with Gasteiger partial charge in [-0.2, -0.15) is 0 Å². The maximum atomic E-state index is 6.06. The Morgan fingerprint density at radius 1 is 1.17 bits per heavy atom. The zero-order chi connectivity index (χ0) is 12.4. The van der Waals surface area contributed by atoms with Crippen LogP contribution < -0.4 is 4.74 Å². The SMILES string of the molecule is Clc1ncnc2[nH]cc(COc3ccccc3)c12. The molecule has 0 fully saturated rings. The second-order valence-electron chi connectivity index (χ2n) is 3.80. The Hall–Kier alpha value is -2.07. The number of benzene rings is 1. The Balaban J connectivity index is 1.87. The van der Waals surface area contributed by atoms with Crippen molar-refractivity contribution in [1.29, 1.82) is 0 Å². The summed E-state index contributed by atoms with van der Waals surface area (Å²) in [5.74, 6) is 0.819. The monoisotopic (exact) mass is 259 g/mol. The van der Waals surface area contributed by atoms with Crippen LogP contribution in [0.2, 0.25) is 5.15 Å². The molecule has 3 rings (SSSR count). The molecule has 0 spiro atoms. The molecule has 0 saturated carbocycles. The average Bonchev–Trinajstić information content (AvgIpc) is 2.82. The summed E-state index contributed by atoms with van der Waals surface area (Å²) in [5, 5.41) is 1.25. The highest BCUT2D eigenvalue weighted by molar-refractivity contribution is 6.34. The van der Waals surface area contributed by atoms with Crippen LogP contribution in [0.5, 0.6) is 5.75 Å². The van der Waals surface area contributed by atoms with Gasteiger partial charge in [0.25, 0.3) is 0 Å². The minimum absolute atomic E-state index is 0.428. The van der Waals surface area contributed by atoms with Crippen LogP contribution in [-0.2, 0) is 6.61 Å².